The number of halogens is 1. The molecule has 18 heavy (non-hydrogen) atoms. The largest absolute Gasteiger partial charge is 0.359 e. The molecule has 94 valence electrons. The second-order valence-corrected chi connectivity index (χ2v) is 5.41. The first kappa shape index (κ1) is 13.1. The zero-order valence-electron chi connectivity index (χ0n) is 10.7. The van der Waals surface area contributed by atoms with Crippen LogP contribution in [0.5, 0.6) is 0 Å². The van der Waals surface area contributed by atoms with Crippen molar-refractivity contribution in [2.24, 2.45) is 0 Å². The van der Waals surface area contributed by atoms with E-state index in [0.29, 0.717) is 0 Å². The number of benzene rings is 1. The summed E-state index contributed by atoms with van der Waals surface area (Å²) >= 11 is 3.40. The lowest BCUT2D eigenvalue weighted by atomic mass is 10.1. The summed E-state index contributed by atoms with van der Waals surface area (Å²) in [6.45, 7) is 3.08. The lowest BCUT2D eigenvalue weighted by Crippen LogP contribution is -2.21. The fourth-order valence-electron chi connectivity index (χ4n) is 1.76. The maximum absolute atomic E-state index is 4.38. The van der Waals surface area contributed by atoms with Gasteiger partial charge in [-0.25, -0.2) is 4.98 Å². The highest BCUT2D eigenvalue weighted by Gasteiger charge is 2.02. The number of pyridine rings is 1. The van der Waals surface area contributed by atoms with Gasteiger partial charge in [0.15, 0.2) is 0 Å². The van der Waals surface area contributed by atoms with Crippen molar-refractivity contribution in [3.8, 4) is 0 Å². The second kappa shape index (κ2) is 6.01. The number of aryl methyl sites for hydroxylation is 1. The number of nitrogens with zero attached hydrogens (tertiary/aromatic N) is 2. The Bertz CT molecular complexity index is 491. The van der Waals surface area contributed by atoms with E-state index in [1.165, 1.54) is 11.1 Å². The van der Waals surface area contributed by atoms with Gasteiger partial charge in [-0.3, -0.25) is 0 Å². The molecular formula is C15H17BrN2. The van der Waals surface area contributed by atoms with Crippen LogP contribution in [0.1, 0.15) is 11.1 Å². The molecule has 0 radical (unpaired) electrons. The molecule has 0 bridgehead atoms. The Kier molecular flexibility index (Phi) is 4.37. The van der Waals surface area contributed by atoms with E-state index in [4.69, 9.17) is 0 Å². The molecule has 0 fully saturated rings. The van der Waals surface area contributed by atoms with Crippen molar-refractivity contribution in [1.29, 1.82) is 0 Å². The summed E-state index contributed by atoms with van der Waals surface area (Å²) in [5.41, 5.74) is 2.67. The van der Waals surface area contributed by atoms with Crippen molar-refractivity contribution in [2.75, 3.05) is 18.5 Å². The van der Waals surface area contributed by atoms with E-state index in [1.807, 2.05) is 18.3 Å². The minimum atomic E-state index is 0.970. The van der Waals surface area contributed by atoms with Crippen LogP contribution in [0.4, 0.5) is 5.82 Å². The van der Waals surface area contributed by atoms with Crippen LogP contribution in [-0.2, 0) is 6.42 Å². The van der Waals surface area contributed by atoms with Gasteiger partial charge in [-0.2, -0.15) is 0 Å². The Balaban J connectivity index is 1.93. The van der Waals surface area contributed by atoms with Gasteiger partial charge in [0.25, 0.3) is 0 Å². The molecule has 0 unspecified atom stereocenters. The predicted molar refractivity (Wildman–Crippen MR) is 80.1 cm³/mol. The number of anilines is 1. The number of aromatic nitrogens is 1. The van der Waals surface area contributed by atoms with Gasteiger partial charge in [-0.15, -0.1) is 0 Å². The normalized spacial score (nSPS) is 10.4. The summed E-state index contributed by atoms with van der Waals surface area (Å²) < 4.78 is 1.01. The molecule has 1 aromatic carbocycles. The number of hydrogen-bond acceptors (Lipinski definition) is 2. The van der Waals surface area contributed by atoms with Gasteiger partial charge in [-0.1, -0.05) is 29.8 Å². The standard InChI is InChI=1S/C15H17BrN2/c1-12-3-5-13(6-4-12)9-10-18(2)15-8-7-14(16)11-17-15/h3-8,11H,9-10H2,1-2H3. The average Bonchev–Trinajstić information content (AvgIpc) is 2.38. The van der Waals surface area contributed by atoms with Crippen molar-refractivity contribution in [2.45, 2.75) is 13.3 Å². The minimum absolute atomic E-state index is 0.970. The van der Waals surface area contributed by atoms with Crippen LogP contribution < -0.4 is 4.90 Å². The van der Waals surface area contributed by atoms with Crippen molar-refractivity contribution >= 4 is 21.7 Å². The molecule has 0 aliphatic rings. The maximum atomic E-state index is 4.38. The molecular weight excluding hydrogens is 288 g/mol. The van der Waals surface area contributed by atoms with Gasteiger partial charge in [0.05, 0.1) is 0 Å². The molecule has 1 heterocycles. The average molecular weight is 305 g/mol. The first-order chi connectivity index (χ1) is 8.65. The molecule has 0 atom stereocenters. The Morgan fingerprint density at radius 2 is 1.83 bits per heavy atom. The summed E-state index contributed by atoms with van der Waals surface area (Å²) in [7, 11) is 2.07. The first-order valence-electron chi connectivity index (χ1n) is 6.03. The molecule has 0 aliphatic carbocycles. The van der Waals surface area contributed by atoms with Crippen LogP contribution in [-0.4, -0.2) is 18.6 Å². The third kappa shape index (κ3) is 3.57. The van der Waals surface area contributed by atoms with Crippen LogP contribution in [0.15, 0.2) is 47.1 Å². The van der Waals surface area contributed by atoms with Gasteiger partial charge in [0.1, 0.15) is 5.82 Å². The zero-order chi connectivity index (χ0) is 13.0. The molecule has 0 amide bonds. The van der Waals surface area contributed by atoms with Crippen molar-refractivity contribution in [3.63, 3.8) is 0 Å². The lowest BCUT2D eigenvalue weighted by molar-refractivity contribution is 0.859. The molecule has 2 rings (SSSR count). The molecule has 2 aromatic rings. The summed E-state index contributed by atoms with van der Waals surface area (Å²) in [5.74, 6) is 1.00. The van der Waals surface area contributed by atoms with Crippen LogP contribution in [0.25, 0.3) is 0 Å². The first-order valence-corrected chi connectivity index (χ1v) is 6.83. The fraction of sp³-hybridized carbons (Fsp3) is 0.267. The van der Waals surface area contributed by atoms with Gasteiger partial charge in [-0.05, 0) is 47.0 Å². The van der Waals surface area contributed by atoms with E-state index in [1.54, 1.807) is 0 Å². The quantitative estimate of drug-likeness (QED) is 0.853. The van der Waals surface area contributed by atoms with E-state index in [2.05, 4.69) is 64.1 Å². The summed E-state index contributed by atoms with van der Waals surface area (Å²) in [6.07, 6.45) is 2.87. The van der Waals surface area contributed by atoms with Crippen LogP contribution >= 0.6 is 15.9 Å². The van der Waals surface area contributed by atoms with Crippen LogP contribution in [0.3, 0.4) is 0 Å². The van der Waals surface area contributed by atoms with E-state index < -0.39 is 0 Å². The summed E-state index contributed by atoms with van der Waals surface area (Å²) in [4.78, 5) is 6.56. The monoisotopic (exact) mass is 304 g/mol. The molecule has 2 nitrogen and oxygen atoms in total. The van der Waals surface area contributed by atoms with Crippen LogP contribution in [0.2, 0.25) is 0 Å². The highest BCUT2D eigenvalue weighted by atomic mass is 79.9. The molecule has 0 spiro atoms. The Morgan fingerprint density at radius 3 is 2.44 bits per heavy atom. The highest BCUT2D eigenvalue weighted by molar-refractivity contribution is 9.10. The van der Waals surface area contributed by atoms with E-state index >= 15 is 0 Å². The number of likely N-dealkylation sites (N-methyl/N-ethyl adjacent to an activating group) is 1. The summed E-state index contributed by atoms with van der Waals surface area (Å²) in [5, 5.41) is 0. The van der Waals surface area contributed by atoms with E-state index in [0.717, 1.165) is 23.3 Å². The zero-order valence-corrected chi connectivity index (χ0v) is 12.3. The van der Waals surface area contributed by atoms with Crippen molar-refractivity contribution in [1.82, 2.24) is 4.98 Å². The SMILES string of the molecule is Cc1ccc(CCN(C)c2ccc(Br)cn2)cc1. The lowest BCUT2D eigenvalue weighted by Gasteiger charge is -2.18. The Hall–Kier alpha value is -1.35. The second-order valence-electron chi connectivity index (χ2n) is 4.49. The van der Waals surface area contributed by atoms with E-state index in [9.17, 15) is 0 Å². The van der Waals surface area contributed by atoms with Gasteiger partial charge in [0, 0.05) is 24.3 Å². The fourth-order valence-corrected chi connectivity index (χ4v) is 1.99. The molecule has 0 aliphatic heterocycles. The third-order valence-electron chi connectivity index (χ3n) is 2.96. The highest BCUT2D eigenvalue weighted by Crippen LogP contribution is 2.14. The topological polar surface area (TPSA) is 16.1 Å². The molecule has 0 N–H and O–H groups in total. The number of hydrogen-bond donors (Lipinski definition) is 0. The molecule has 0 saturated carbocycles. The Morgan fingerprint density at radius 1 is 1.11 bits per heavy atom. The Labute approximate surface area is 117 Å². The smallest absolute Gasteiger partial charge is 0.128 e. The molecule has 3 heteroatoms. The predicted octanol–water partition coefficient (Wildman–Crippen LogP) is 3.83. The molecule has 0 saturated heterocycles. The van der Waals surface area contributed by atoms with Crippen molar-refractivity contribution in [3.05, 3.63) is 58.2 Å². The van der Waals surface area contributed by atoms with Gasteiger partial charge in [0.2, 0.25) is 0 Å². The summed E-state index contributed by atoms with van der Waals surface area (Å²) in [6, 6.07) is 12.8. The van der Waals surface area contributed by atoms with Crippen LogP contribution in [0, 0.1) is 6.92 Å². The van der Waals surface area contributed by atoms with E-state index in [-0.39, 0.29) is 0 Å². The van der Waals surface area contributed by atoms with Gasteiger partial charge < -0.3 is 4.90 Å². The maximum Gasteiger partial charge on any atom is 0.128 e. The molecule has 1 aromatic heterocycles. The van der Waals surface area contributed by atoms with Crippen molar-refractivity contribution < 1.29 is 0 Å². The third-order valence-corrected chi connectivity index (χ3v) is 3.43. The number of rotatable bonds is 4. The minimum Gasteiger partial charge on any atom is -0.359 e. The van der Waals surface area contributed by atoms with Gasteiger partial charge >= 0.3 is 0 Å².